The fourth-order valence-corrected chi connectivity index (χ4v) is 3.83. The van der Waals surface area contributed by atoms with E-state index in [2.05, 4.69) is 10.3 Å². The van der Waals surface area contributed by atoms with E-state index in [0.29, 0.717) is 29.4 Å². The number of rotatable bonds is 5. The maximum absolute atomic E-state index is 13.3. The van der Waals surface area contributed by atoms with Crippen molar-refractivity contribution in [2.45, 2.75) is 32.6 Å². The monoisotopic (exact) mass is 375 g/mol. The third-order valence-electron chi connectivity index (χ3n) is 4.46. The molecule has 0 saturated carbocycles. The fraction of sp³-hybridized carbons (Fsp3) is 0.421. The van der Waals surface area contributed by atoms with Crippen LogP contribution in [0.25, 0.3) is 11.3 Å². The van der Waals surface area contributed by atoms with E-state index >= 15 is 0 Å². The number of hydrogen-bond acceptors (Lipinski definition) is 4. The Morgan fingerprint density at radius 2 is 2.27 bits per heavy atom. The predicted octanol–water partition coefficient (Wildman–Crippen LogP) is 3.93. The van der Waals surface area contributed by atoms with Gasteiger partial charge in [0.1, 0.15) is 5.82 Å². The smallest absolute Gasteiger partial charge is 0.231 e. The first-order valence-electron chi connectivity index (χ1n) is 8.87. The van der Waals surface area contributed by atoms with Gasteiger partial charge in [0, 0.05) is 30.5 Å². The first-order chi connectivity index (χ1) is 12.6. The van der Waals surface area contributed by atoms with E-state index in [4.69, 9.17) is 0 Å². The lowest BCUT2D eigenvalue weighted by atomic mass is 9.97. The van der Waals surface area contributed by atoms with E-state index < -0.39 is 0 Å². The summed E-state index contributed by atoms with van der Waals surface area (Å²) >= 11 is 1.31. The highest BCUT2D eigenvalue weighted by Gasteiger charge is 2.28. The Labute approximate surface area is 156 Å². The lowest BCUT2D eigenvalue weighted by molar-refractivity contribution is -0.134. The largest absolute Gasteiger partial charge is 0.342 e. The molecule has 2 amide bonds. The van der Waals surface area contributed by atoms with E-state index in [1.807, 2.05) is 6.92 Å². The summed E-state index contributed by atoms with van der Waals surface area (Å²) in [6.45, 7) is 3.17. The number of piperidine rings is 1. The zero-order valence-corrected chi connectivity index (χ0v) is 15.5. The number of benzene rings is 1. The molecule has 1 aromatic heterocycles. The van der Waals surface area contributed by atoms with Crippen LogP contribution in [0.3, 0.4) is 0 Å². The number of hydrogen-bond donors (Lipinski definition) is 1. The standard InChI is InChI=1S/C19H22FN3O2S/c1-2-5-17(24)23-9-4-7-14(11-23)18(25)22-19-21-16(12-26-19)13-6-3-8-15(20)10-13/h3,6,8,10,12,14H,2,4-5,7,9,11H2,1H3,(H,21,22,25). The first kappa shape index (κ1) is 18.5. The summed E-state index contributed by atoms with van der Waals surface area (Å²) in [5.41, 5.74) is 1.31. The molecule has 1 fully saturated rings. The number of anilines is 1. The quantitative estimate of drug-likeness (QED) is 0.861. The Balaban J connectivity index is 1.62. The molecule has 7 heteroatoms. The predicted molar refractivity (Wildman–Crippen MR) is 100 cm³/mol. The molecule has 138 valence electrons. The Kier molecular flexibility index (Phi) is 5.98. The molecule has 1 aliphatic heterocycles. The minimum atomic E-state index is -0.319. The summed E-state index contributed by atoms with van der Waals surface area (Å²) in [6, 6.07) is 6.21. The molecule has 0 aliphatic carbocycles. The van der Waals surface area contributed by atoms with Crippen LogP contribution in [0.4, 0.5) is 9.52 Å². The second-order valence-corrected chi connectivity index (χ2v) is 7.32. The number of nitrogens with zero attached hydrogens (tertiary/aromatic N) is 2. The normalized spacial score (nSPS) is 17.2. The molecule has 2 heterocycles. The zero-order chi connectivity index (χ0) is 18.5. The lowest BCUT2D eigenvalue weighted by Gasteiger charge is -2.31. The highest BCUT2D eigenvalue weighted by Crippen LogP contribution is 2.26. The number of halogens is 1. The Bertz CT molecular complexity index is 793. The van der Waals surface area contributed by atoms with Gasteiger partial charge in [0.15, 0.2) is 5.13 Å². The molecular formula is C19H22FN3O2S. The van der Waals surface area contributed by atoms with Crippen LogP contribution in [0.2, 0.25) is 0 Å². The van der Waals surface area contributed by atoms with Crippen LogP contribution in [0.15, 0.2) is 29.6 Å². The molecule has 1 N–H and O–H groups in total. The van der Waals surface area contributed by atoms with Gasteiger partial charge in [-0.1, -0.05) is 19.1 Å². The van der Waals surface area contributed by atoms with E-state index in [0.717, 1.165) is 25.8 Å². The molecule has 5 nitrogen and oxygen atoms in total. The van der Waals surface area contributed by atoms with Crippen LogP contribution in [0, 0.1) is 11.7 Å². The lowest BCUT2D eigenvalue weighted by Crippen LogP contribution is -2.43. The Hall–Kier alpha value is -2.28. The molecule has 3 rings (SSSR count). The van der Waals surface area contributed by atoms with Crippen LogP contribution in [0.1, 0.15) is 32.6 Å². The summed E-state index contributed by atoms with van der Waals surface area (Å²) in [4.78, 5) is 30.8. The molecule has 0 spiro atoms. The molecule has 1 aromatic carbocycles. The van der Waals surface area contributed by atoms with Crippen molar-refractivity contribution >= 4 is 28.3 Å². The van der Waals surface area contributed by atoms with Gasteiger partial charge >= 0.3 is 0 Å². The van der Waals surface area contributed by atoms with Crippen molar-refractivity contribution in [2.75, 3.05) is 18.4 Å². The molecule has 2 aromatic rings. The second kappa shape index (κ2) is 8.40. The molecule has 1 aliphatic rings. The maximum atomic E-state index is 13.3. The van der Waals surface area contributed by atoms with Crippen molar-refractivity contribution < 1.29 is 14.0 Å². The number of amides is 2. The van der Waals surface area contributed by atoms with Gasteiger partial charge in [-0.2, -0.15) is 0 Å². The van der Waals surface area contributed by atoms with Crippen LogP contribution in [-0.4, -0.2) is 34.8 Å². The Morgan fingerprint density at radius 1 is 1.42 bits per heavy atom. The molecule has 26 heavy (non-hydrogen) atoms. The molecular weight excluding hydrogens is 353 g/mol. The average molecular weight is 375 g/mol. The number of likely N-dealkylation sites (tertiary alicyclic amines) is 1. The van der Waals surface area contributed by atoms with Gasteiger partial charge in [0.25, 0.3) is 0 Å². The van der Waals surface area contributed by atoms with Crippen LogP contribution in [0.5, 0.6) is 0 Å². The zero-order valence-electron chi connectivity index (χ0n) is 14.7. The van der Waals surface area contributed by atoms with Gasteiger partial charge < -0.3 is 10.2 Å². The number of aromatic nitrogens is 1. The SMILES string of the molecule is CCCC(=O)N1CCCC(C(=O)Nc2nc(-c3cccc(F)c3)cs2)C1. The van der Waals surface area contributed by atoms with Crippen molar-refractivity contribution in [2.24, 2.45) is 5.92 Å². The van der Waals surface area contributed by atoms with Crippen LogP contribution < -0.4 is 5.32 Å². The van der Waals surface area contributed by atoms with Crippen LogP contribution in [-0.2, 0) is 9.59 Å². The van der Waals surface area contributed by atoms with E-state index in [1.54, 1.807) is 22.4 Å². The van der Waals surface area contributed by atoms with Gasteiger partial charge in [-0.25, -0.2) is 9.37 Å². The van der Waals surface area contributed by atoms with E-state index in [-0.39, 0.29) is 23.5 Å². The van der Waals surface area contributed by atoms with Gasteiger partial charge in [0.2, 0.25) is 11.8 Å². The molecule has 0 bridgehead atoms. The molecule has 1 unspecified atom stereocenters. The summed E-state index contributed by atoms with van der Waals surface area (Å²) in [5, 5.41) is 5.13. The average Bonchev–Trinajstić information content (AvgIpc) is 3.10. The van der Waals surface area contributed by atoms with Crippen molar-refractivity contribution in [1.29, 1.82) is 0 Å². The van der Waals surface area contributed by atoms with Crippen molar-refractivity contribution in [3.63, 3.8) is 0 Å². The number of carbonyl (C=O) groups is 2. The van der Waals surface area contributed by atoms with Gasteiger partial charge in [-0.3, -0.25) is 9.59 Å². The second-order valence-electron chi connectivity index (χ2n) is 6.47. The van der Waals surface area contributed by atoms with E-state index in [1.165, 1.54) is 23.5 Å². The minimum absolute atomic E-state index is 0.112. The highest BCUT2D eigenvalue weighted by atomic mass is 32.1. The van der Waals surface area contributed by atoms with E-state index in [9.17, 15) is 14.0 Å². The summed E-state index contributed by atoms with van der Waals surface area (Å²) in [5.74, 6) is -0.530. The van der Waals surface area contributed by atoms with Crippen molar-refractivity contribution in [1.82, 2.24) is 9.88 Å². The van der Waals surface area contributed by atoms with Gasteiger partial charge in [0.05, 0.1) is 11.6 Å². The molecule has 1 atom stereocenters. The summed E-state index contributed by atoms with van der Waals surface area (Å²) < 4.78 is 13.3. The summed E-state index contributed by atoms with van der Waals surface area (Å²) in [6.07, 6.45) is 2.94. The third-order valence-corrected chi connectivity index (χ3v) is 5.22. The minimum Gasteiger partial charge on any atom is -0.342 e. The topological polar surface area (TPSA) is 62.3 Å². The fourth-order valence-electron chi connectivity index (χ4n) is 3.11. The number of nitrogens with one attached hydrogen (secondary N) is 1. The number of carbonyl (C=O) groups excluding carboxylic acids is 2. The third kappa shape index (κ3) is 4.46. The van der Waals surface area contributed by atoms with Crippen LogP contribution >= 0.6 is 11.3 Å². The van der Waals surface area contributed by atoms with Gasteiger partial charge in [-0.15, -0.1) is 11.3 Å². The Morgan fingerprint density at radius 3 is 3.04 bits per heavy atom. The maximum Gasteiger partial charge on any atom is 0.231 e. The summed E-state index contributed by atoms with van der Waals surface area (Å²) in [7, 11) is 0. The molecule has 0 radical (unpaired) electrons. The molecule has 1 saturated heterocycles. The van der Waals surface area contributed by atoms with Gasteiger partial charge in [-0.05, 0) is 31.4 Å². The van der Waals surface area contributed by atoms with Crippen molar-refractivity contribution in [3.05, 3.63) is 35.5 Å². The van der Waals surface area contributed by atoms with Crippen molar-refractivity contribution in [3.8, 4) is 11.3 Å². The number of thiazole rings is 1. The highest BCUT2D eigenvalue weighted by molar-refractivity contribution is 7.14. The first-order valence-corrected chi connectivity index (χ1v) is 9.75.